The number of aromatic nitrogens is 4. The van der Waals surface area contributed by atoms with Gasteiger partial charge in [0.05, 0.1) is 10.7 Å². The first kappa shape index (κ1) is 21.1. The third kappa shape index (κ3) is 5.95. The smallest absolute Gasteiger partial charge is 0.246 e. The van der Waals surface area contributed by atoms with Crippen molar-refractivity contribution >= 4 is 35.0 Å². The van der Waals surface area contributed by atoms with Gasteiger partial charge in [0, 0.05) is 42.0 Å². The van der Waals surface area contributed by atoms with E-state index >= 15 is 0 Å². The van der Waals surface area contributed by atoms with Crippen molar-refractivity contribution in [3.8, 4) is 0 Å². The molecule has 0 radical (unpaired) electrons. The van der Waals surface area contributed by atoms with Crippen LogP contribution in [0.3, 0.4) is 0 Å². The highest BCUT2D eigenvalue weighted by atomic mass is 32.1. The number of piperidine rings is 1. The normalized spacial score (nSPS) is 16.6. The minimum absolute atomic E-state index is 0.0471. The molecule has 3 aromatic heterocycles. The number of rotatable bonds is 6. The zero-order valence-corrected chi connectivity index (χ0v) is 18.6. The molecule has 1 aliphatic heterocycles. The molecule has 1 saturated heterocycles. The summed E-state index contributed by atoms with van der Waals surface area (Å²) in [4.78, 5) is 32.2. The molecule has 0 bridgehead atoms. The van der Waals surface area contributed by atoms with Crippen molar-refractivity contribution in [2.75, 3.05) is 18.4 Å². The van der Waals surface area contributed by atoms with Crippen LogP contribution in [0.1, 0.15) is 34.9 Å². The minimum atomic E-state index is 0.0471. The van der Waals surface area contributed by atoms with Gasteiger partial charge in [0.15, 0.2) is 0 Å². The summed E-state index contributed by atoms with van der Waals surface area (Å²) in [5.41, 5.74) is 2.76. The molecule has 1 atom stereocenters. The van der Waals surface area contributed by atoms with E-state index in [9.17, 15) is 4.79 Å². The van der Waals surface area contributed by atoms with Crippen LogP contribution in [0.2, 0.25) is 0 Å². The monoisotopic (exact) mass is 434 g/mol. The Kier molecular flexibility index (Phi) is 6.66. The first-order chi connectivity index (χ1) is 15.0. The number of amides is 1. The summed E-state index contributed by atoms with van der Waals surface area (Å²) in [6, 6.07) is 7.80. The van der Waals surface area contributed by atoms with Gasteiger partial charge in [-0.05, 0) is 57.2 Å². The lowest BCUT2D eigenvalue weighted by molar-refractivity contribution is -0.127. The second-order valence-electron chi connectivity index (χ2n) is 7.81. The Labute approximate surface area is 186 Å². The summed E-state index contributed by atoms with van der Waals surface area (Å²) in [5, 5.41) is 6.21. The molecular formula is C23H26N6OS. The number of pyridine rings is 1. The summed E-state index contributed by atoms with van der Waals surface area (Å²) in [6.45, 7) is 5.46. The number of carbonyl (C=O) groups excluding carboxylic acids is 1. The average Bonchev–Trinajstić information content (AvgIpc) is 3.18. The van der Waals surface area contributed by atoms with Crippen LogP contribution in [0.5, 0.6) is 0 Å². The lowest BCUT2D eigenvalue weighted by Gasteiger charge is -2.32. The number of nitrogens with zero attached hydrogens (tertiary/aromatic N) is 5. The van der Waals surface area contributed by atoms with Crippen molar-refractivity contribution in [2.24, 2.45) is 5.92 Å². The van der Waals surface area contributed by atoms with Crippen molar-refractivity contribution in [3.05, 3.63) is 64.1 Å². The Hall–Kier alpha value is -3.13. The van der Waals surface area contributed by atoms with E-state index in [2.05, 4.69) is 25.3 Å². The Balaban J connectivity index is 1.36. The molecule has 4 heterocycles. The van der Waals surface area contributed by atoms with E-state index in [1.807, 2.05) is 48.4 Å². The number of hydrogen-bond acceptors (Lipinski definition) is 7. The summed E-state index contributed by atoms with van der Waals surface area (Å²) < 4.78 is 0. The van der Waals surface area contributed by atoms with Crippen molar-refractivity contribution in [3.63, 3.8) is 0 Å². The molecule has 7 nitrogen and oxygen atoms in total. The van der Waals surface area contributed by atoms with Crippen LogP contribution in [0.4, 0.5) is 11.6 Å². The second-order valence-corrected chi connectivity index (χ2v) is 8.87. The highest BCUT2D eigenvalue weighted by Gasteiger charge is 2.23. The van der Waals surface area contributed by atoms with Gasteiger partial charge in [-0.2, -0.15) is 0 Å². The highest BCUT2D eigenvalue weighted by Crippen LogP contribution is 2.22. The van der Waals surface area contributed by atoms with Crippen LogP contribution in [0.15, 0.2) is 42.0 Å². The van der Waals surface area contributed by atoms with E-state index in [1.54, 1.807) is 29.8 Å². The molecule has 0 unspecified atom stereocenters. The highest BCUT2D eigenvalue weighted by molar-refractivity contribution is 7.09. The van der Waals surface area contributed by atoms with Crippen molar-refractivity contribution in [1.82, 2.24) is 24.8 Å². The molecular weight excluding hydrogens is 408 g/mol. The fourth-order valence-electron chi connectivity index (χ4n) is 3.77. The van der Waals surface area contributed by atoms with Gasteiger partial charge in [-0.3, -0.25) is 4.79 Å². The molecule has 0 aliphatic carbocycles. The van der Waals surface area contributed by atoms with Crippen LogP contribution in [-0.4, -0.2) is 43.8 Å². The number of aryl methyl sites for hydroxylation is 2. The second kappa shape index (κ2) is 9.78. The summed E-state index contributed by atoms with van der Waals surface area (Å²) in [7, 11) is 0. The fourth-order valence-corrected chi connectivity index (χ4v) is 4.35. The molecule has 1 fully saturated rings. The standard InChI is InChI=1S/C23H26N6OS/c1-16-5-3-7-21(26-16)28-22-12-20(24-15-25-22)11-18-6-4-10-29(13-18)23(30)9-8-19-14-31-17(2)27-19/h3,5,7-9,12,14-15,18H,4,6,10-11,13H2,1-2H3,(H,24,25,26,28)/b9-8+/t18-/m0/s1. The van der Waals surface area contributed by atoms with E-state index < -0.39 is 0 Å². The van der Waals surface area contributed by atoms with E-state index in [0.29, 0.717) is 5.92 Å². The summed E-state index contributed by atoms with van der Waals surface area (Å²) >= 11 is 1.59. The molecule has 1 N–H and O–H groups in total. The number of nitrogens with one attached hydrogen (secondary N) is 1. The molecule has 31 heavy (non-hydrogen) atoms. The molecule has 1 aliphatic rings. The lowest BCUT2D eigenvalue weighted by atomic mass is 9.93. The third-order valence-electron chi connectivity index (χ3n) is 5.23. The van der Waals surface area contributed by atoms with Crippen molar-refractivity contribution in [2.45, 2.75) is 33.1 Å². The molecule has 0 saturated carbocycles. The van der Waals surface area contributed by atoms with Gasteiger partial charge in [0.25, 0.3) is 0 Å². The van der Waals surface area contributed by atoms with Crippen molar-refractivity contribution in [1.29, 1.82) is 0 Å². The van der Waals surface area contributed by atoms with Gasteiger partial charge in [-0.1, -0.05) is 6.07 Å². The Morgan fingerprint density at radius 2 is 2.16 bits per heavy atom. The summed E-state index contributed by atoms with van der Waals surface area (Å²) in [6.07, 6.45) is 7.93. The van der Waals surface area contributed by atoms with Gasteiger partial charge >= 0.3 is 0 Å². The van der Waals surface area contributed by atoms with Crippen LogP contribution in [-0.2, 0) is 11.2 Å². The van der Waals surface area contributed by atoms with Crippen LogP contribution in [0, 0.1) is 19.8 Å². The quantitative estimate of drug-likeness (QED) is 0.586. The van der Waals surface area contributed by atoms with Crippen LogP contribution < -0.4 is 5.32 Å². The molecule has 4 rings (SSSR count). The number of thiazole rings is 1. The average molecular weight is 435 g/mol. The molecule has 160 valence electrons. The van der Waals surface area contributed by atoms with Gasteiger partial charge < -0.3 is 10.2 Å². The van der Waals surface area contributed by atoms with Crippen molar-refractivity contribution < 1.29 is 4.79 Å². The number of anilines is 2. The number of hydrogen-bond donors (Lipinski definition) is 1. The first-order valence-electron chi connectivity index (χ1n) is 10.5. The van der Waals surface area contributed by atoms with Crippen LogP contribution in [0.25, 0.3) is 6.08 Å². The predicted molar refractivity (Wildman–Crippen MR) is 123 cm³/mol. The van der Waals surface area contributed by atoms with Gasteiger partial charge in [-0.15, -0.1) is 11.3 Å². The Bertz CT molecular complexity index is 1080. The van der Waals surface area contributed by atoms with E-state index in [1.165, 1.54) is 0 Å². The lowest BCUT2D eigenvalue weighted by Crippen LogP contribution is -2.39. The maximum absolute atomic E-state index is 12.6. The topological polar surface area (TPSA) is 83.9 Å². The maximum Gasteiger partial charge on any atom is 0.246 e. The number of likely N-dealkylation sites (tertiary alicyclic amines) is 1. The van der Waals surface area contributed by atoms with Gasteiger partial charge in [0.1, 0.15) is 18.0 Å². The van der Waals surface area contributed by atoms with Crippen LogP contribution >= 0.6 is 11.3 Å². The SMILES string of the molecule is Cc1cccc(Nc2cc(C[C@@H]3CCCN(C(=O)/C=C/c4csc(C)n4)C3)ncn2)n1. The Morgan fingerprint density at radius 1 is 1.26 bits per heavy atom. The van der Waals surface area contributed by atoms with Gasteiger partial charge in [0.2, 0.25) is 5.91 Å². The third-order valence-corrected chi connectivity index (χ3v) is 6.02. The predicted octanol–water partition coefficient (Wildman–Crippen LogP) is 4.18. The fraction of sp³-hybridized carbons (Fsp3) is 0.348. The molecule has 3 aromatic rings. The Morgan fingerprint density at radius 3 is 2.97 bits per heavy atom. The van der Waals surface area contributed by atoms with E-state index in [4.69, 9.17) is 0 Å². The molecule has 0 spiro atoms. The number of carbonyl (C=O) groups is 1. The zero-order chi connectivity index (χ0) is 21.6. The molecule has 1 amide bonds. The van der Waals surface area contributed by atoms with Gasteiger partial charge in [-0.25, -0.2) is 19.9 Å². The van der Waals surface area contributed by atoms with E-state index in [0.717, 1.165) is 66.1 Å². The maximum atomic E-state index is 12.6. The van der Waals surface area contributed by atoms with E-state index in [-0.39, 0.29) is 5.91 Å². The minimum Gasteiger partial charge on any atom is -0.339 e. The summed E-state index contributed by atoms with van der Waals surface area (Å²) in [5.74, 6) is 1.92. The molecule has 8 heteroatoms. The zero-order valence-electron chi connectivity index (χ0n) is 17.8. The largest absolute Gasteiger partial charge is 0.339 e. The molecule has 0 aromatic carbocycles. The first-order valence-corrected chi connectivity index (χ1v) is 11.3.